The van der Waals surface area contributed by atoms with Gasteiger partial charge in [-0.3, -0.25) is 9.48 Å². The number of carbonyl (C=O) groups is 1. The summed E-state index contributed by atoms with van der Waals surface area (Å²) in [6.45, 7) is 6.54. The highest BCUT2D eigenvalue weighted by molar-refractivity contribution is 5.82. The van der Waals surface area contributed by atoms with Crippen molar-refractivity contribution in [2.75, 3.05) is 13.1 Å². The van der Waals surface area contributed by atoms with Crippen molar-refractivity contribution in [1.29, 1.82) is 0 Å². The lowest BCUT2D eigenvalue weighted by Gasteiger charge is -2.31. The van der Waals surface area contributed by atoms with Crippen molar-refractivity contribution in [1.82, 2.24) is 24.8 Å². The van der Waals surface area contributed by atoms with Gasteiger partial charge in [0.2, 0.25) is 5.91 Å². The predicted molar refractivity (Wildman–Crippen MR) is 106 cm³/mol. The molecule has 7 nitrogen and oxygen atoms in total. The molecular weight excluding hydrogens is 411 g/mol. The third-order valence-electron chi connectivity index (χ3n) is 5.82. The van der Waals surface area contributed by atoms with Crippen molar-refractivity contribution in [2.24, 2.45) is 0 Å². The third kappa shape index (κ3) is 4.15. The molecule has 0 radical (unpaired) electrons. The van der Waals surface area contributed by atoms with Crippen molar-refractivity contribution < 1.29 is 22.5 Å². The lowest BCUT2D eigenvalue weighted by atomic mass is 9.90. The second kappa shape index (κ2) is 7.97. The summed E-state index contributed by atoms with van der Waals surface area (Å²) in [4.78, 5) is 18.6. The molecule has 1 saturated heterocycles. The standard InChI is InChI=1S/C21H24F3N5O2/c1-4-15-10-16(21(22,23)24)18-19(27-31-20(18)25-15)14-5-7-28(8-6-14)17(30)11-29-13(3)9-12(2)26-29/h9-10,14H,4-8,11H2,1-3H3. The van der Waals surface area contributed by atoms with Crippen LogP contribution in [0.5, 0.6) is 0 Å². The van der Waals surface area contributed by atoms with Crippen LogP contribution in [0.3, 0.4) is 0 Å². The molecule has 3 aromatic rings. The Morgan fingerprint density at radius 1 is 1.23 bits per heavy atom. The van der Waals surface area contributed by atoms with E-state index in [1.54, 1.807) is 16.5 Å². The van der Waals surface area contributed by atoms with Crippen LogP contribution in [-0.2, 0) is 23.9 Å². The highest BCUT2D eigenvalue weighted by Gasteiger charge is 2.38. The van der Waals surface area contributed by atoms with Crippen LogP contribution in [0.1, 0.15) is 54.0 Å². The molecule has 1 fully saturated rings. The molecule has 1 aliphatic rings. The Morgan fingerprint density at radius 3 is 2.52 bits per heavy atom. The molecular formula is C21H24F3N5O2. The zero-order valence-corrected chi connectivity index (χ0v) is 17.7. The molecule has 0 aliphatic carbocycles. The number of amides is 1. The highest BCUT2D eigenvalue weighted by atomic mass is 19.4. The Hall–Kier alpha value is -2.91. The van der Waals surface area contributed by atoms with E-state index in [0.717, 1.165) is 17.5 Å². The fraction of sp³-hybridized carbons (Fsp3) is 0.524. The number of rotatable bonds is 4. The van der Waals surface area contributed by atoms with E-state index in [1.807, 2.05) is 19.9 Å². The van der Waals surface area contributed by atoms with Gasteiger partial charge in [-0.15, -0.1) is 0 Å². The van der Waals surface area contributed by atoms with E-state index in [0.29, 0.717) is 38.0 Å². The maximum absolute atomic E-state index is 13.7. The van der Waals surface area contributed by atoms with E-state index in [9.17, 15) is 18.0 Å². The summed E-state index contributed by atoms with van der Waals surface area (Å²) in [6, 6.07) is 2.99. The molecule has 0 atom stereocenters. The molecule has 4 rings (SSSR count). The SMILES string of the molecule is CCc1cc(C(F)(F)F)c2c(C3CCN(C(=O)Cn4nc(C)cc4C)CC3)noc2n1. The van der Waals surface area contributed by atoms with E-state index in [4.69, 9.17) is 4.52 Å². The van der Waals surface area contributed by atoms with Gasteiger partial charge in [0.15, 0.2) is 0 Å². The van der Waals surface area contributed by atoms with Gasteiger partial charge in [0.1, 0.15) is 6.54 Å². The number of alkyl halides is 3. The van der Waals surface area contributed by atoms with Gasteiger partial charge in [0.05, 0.1) is 22.3 Å². The normalized spacial score (nSPS) is 15.7. The number of piperidine rings is 1. The molecule has 3 aromatic heterocycles. The molecule has 1 amide bonds. The van der Waals surface area contributed by atoms with E-state index >= 15 is 0 Å². The number of aromatic nitrogens is 4. The molecule has 4 heterocycles. The fourth-order valence-electron chi connectivity index (χ4n) is 4.17. The van der Waals surface area contributed by atoms with Crippen LogP contribution >= 0.6 is 0 Å². The smallest absolute Gasteiger partial charge is 0.341 e. The molecule has 0 unspecified atom stereocenters. The molecule has 0 aromatic carbocycles. The van der Waals surface area contributed by atoms with Crippen molar-refractivity contribution in [3.8, 4) is 0 Å². The molecule has 0 bridgehead atoms. The summed E-state index contributed by atoms with van der Waals surface area (Å²) in [7, 11) is 0. The number of hydrogen-bond donors (Lipinski definition) is 0. The zero-order valence-electron chi connectivity index (χ0n) is 17.7. The van der Waals surface area contributed by atoms with Gasteiger partial charge in [0.25, 0.3) is 5.71 Å². The molecule has 31 heavy (non-hydrogen) atoms. The number of aryl methyl sites for hydroxylation is 3. The Labute approximate surface area is 177 Å². The number of fused-ring (bicyclic) bond motifs is 1. The lowest BCUT2D eigenvalue weighted by Crippen LogP contribution is -2.40. The highest BCUT2D eigenvalue weighted by Crippen LogP contribution is 2.40. The number of nitrogens with zero attached hydrogens (tertiary/aromatic N) is 5. The number of hydrogen-bond acceptors (Lipinski definition) is 5. The Kier molecular flexibility index (Phi) is 5.49. The maximum Gasteiger partial charge on any atom is 0.417 e. The lowest BCUT2D eigenvalue weighted by molar-refractivity contribution is -0.136. The average molecular weight is 435 g/mol. The van der Waals surface area contributed by atoms with Gasteiger partial charge in [-0.05, 0) is 45.2 Å². The minimum atomic E-state index is -4.53. The molecule has 166 valence electrons. The van der Waals surface area contributed by atoms with Gasteiger partial charge < -0.3 is 9.42 Å². The first-order chi connectivity index (χ1) is 14.7. The molecule has 1 aliphatic heterocycles. The predicted octanol–water partition coefficient (Wildman–Crippen LogP) is 4.02. The summed E-state index contributed by atoms with van der Waals surface area (Å²) in [5.74, 6) is -0.283. The first-order valence-corrected chi connectivity index (χ1v) is 10.3. The zero-order chi connectivity index (χ0) is 22.3. The summed E-state index contributed by atoms with van der Waals surface area (Å²) in [6.07, 6.45) is -3.14. The van der Waals surface area contributed by atoms with Crippen LogP contribution in [0.2, 0.25) is 0 Å². The second-order valence-corrected chi connectivity index (χ2v) is 8.00. The summed E-state index contributed by atoms with van der Waals surface area (Å²) >= 11 is 0. The van der Waals surface area contributed by atoms with E-state index in [-0.39, 0.29) is 35.2 Å². The van der Waals surface area contributed by atoms with Crippen LogP contribution in [-0.4, -0.2) is 43.8 Å². The van der Waals surface area contributed by atoms with Crippen LogP contribution in [0, 0.1) is 13.8 Å². The Morgan fingerprint density at radius 2 is 1.94 bits per heavy atom. The number of pyridine rings is 1. The van der Waals surface area contributed by atoms with Crippen molar-refractivity contribution >= 4 is 17.0 Å². The number of carbonyl (C=O) groups excluding carboxylic acids is 1. The average Bonchev–Trinajstić information content (AvgIpc) is 3.28. The summed E-state index contributed by atoms with van der Waals surface area (Å²) < 4.78 is 48.0. The van der Waals surface area contributed by atoms with Crippen molar-refractivity contribution in [3.63, 3.8) is 0 Å². The molecule has 0 saturated carbocycles. The Bertz CT molecular complexity index is 1110. The van der Waals surface area contributed by atoms with Gasteiger partial charge >= 0.3 is 6.18 Å². The first-order valence-electron chi connectivity index (χ1n) is 10.3. The maximum atomic E-state index is 13.7. The largest absolute Gasteiger partial charge is 0.417 e. The molecule has 0 N–H and O–H groups in total. The van der Waals surface area contributed by atoms with Crippen LogP contribution in [0.15, 0.2) is 16.7 Å². The molecule has 0 spiro atoms. The summed E-state index contributed by atoms with van der Waals surface area (Å²) in [5.41, 5.74) is 1.52. The number of halogens is 3. The molecule has 10 heteroatoms. The topological polar surface area (TPSA) is 77.0 Å². The van der Waals surface area contributed by atoms with Gasteiger partial charge in [-0.2, -0.15) is 18.3 Å². The first kappa shape index (κ1) is 21.3. The summed E-state index contributed by atoms with van der Waals surface area (Å²) in [5, 5.41) is 8.22. The third-order valence-corrected chi connectivity index (χ3v) is 5.82. The van der Waals surface area contributed by atoms with E-state index in [1.165, 1.54) is 0 Å². The van der Waals surface area contributed by atoms with Crippen molar-refractivity contribution in [2.45, 2.75) is 58.7 Å². The number of likely N-dealkylation sites (tertiary alicyclic amines) is 1. The van der Waals surface area contributed by atoms with Crippen molar-refractivity contribution in [3.05, 3.63) is 40.5 Å². The monoisotopic (exact) mass is 435 g/mol. The van der Waals surface area contributed by atoms with Gasteiger partial charge in [0, 0.05) is 30.4 Å². The van der Waals surface area contributed by atoms with Gasteiger partial charge in [-0.25, -0.2) is 4.98 Å². The van der Waals surface area contributed by atoms with Crippen LogP contribution < -0.4 is 0 Å². The van der Waals surface area contributed by atoms with E-state index in [2.05, 4.69) is 15.2 Å². The quantitative estimate of drug-likeness (QED) is 0.619. The van der Waals surface area contributed by atoms with Crippen LogP contribution in [0.25, 0.3) is 11.1 Å². The minimum absolute atomic E-state index is 0.0557. The van der Waals surface area contributed by atoms with Crippen LogP contribution in [0.4, 0.5) is 13.2 Å². The fourth-order valence-corrected chi connectivity index (χ4v) is 4.17. The van der Waals surface area contributed by atoms with E-state index < -0.39 is 11.7 Å². The second-order valence-electron chi connectivity index (χ2n) is 8.00. The Balaban J connectivity index is 1.52. The van der Waals surface area contributed by atoms with Gasteiger partial charge in [-0.1, -0.05) is 12.1 Å². The minimum Gasteiger partial charge on any atom is -0.341 e.